The summed E-state index contributed by atoms with van der Waals surface area (Å²) in [6.45, 7) is 4.29. The Morgan fingerprint density at radius 2 is 1.59 bits per heavy atom. The van der Waals surface area contributed by atoms with E-state index in [1.54, 1.807) is 4.57 Å². The van der Waals surface area contributed by atoms with Gasteiger partial charge in [0.05, 0.1) is 6.61 Å². The van der Waals surface area contributed by atoms with Gasteiger partial charge in [0.2, 0.25) is 5.69 Å². The lowest BCUT2D eigenvalue weighted by Gasteiger charge is -2.12. The molecule has 0 radical (unpaired) electrons. The third-order valence-corrected chi connectivity index (χ3v) is 6.02. The Labute approximate surface area is 191 Å². The molecule has 0 fully saturated rings. The first-order valence-corrected chi connectivity index (χ1v) is 11.3. The Bertz CT molecular complexity index is 1270. The van der Waals surface area contributed by atoms with E-state index in [1.165, 1.54) is 0 Å². The van der Waals surface area contributed by atoms with Crippen molar-refractivity contribution in [1.82, 2.24) is 0 Å². The summed E-state index contributed by atoms with van der Waals surface area (Å²) < 4.78 is 7.55. The van der Waals surface area contributed by atoms with Crippen molar-refractivity contribution in [2.24, 2.45) is 0 Å². The average Bonchev–Trinajstić information content (AvgIpc) is 2.83. The summed E-state index contributed by atoms with van der Waals surface area (Å²) >= 11 is 1.10. The first-order valence-electron chi connectivity index (χ1n) is 10.5. The normalized spacial score (nSPS) is 10.6. The highest BCUT2D eigenvalue weighted by molar-refractivity contribution is 7.12. The minimum absolute atomic E-state index is 0.0948. The number of hydrogen-bond donors (Lipinski definition) is 1. The molecule has 5 heteroatoms. The zero-order chi connectivity index (χ0) is 22.3. The molecule has 1 heterocycles. The smallest absolute Gasteiger partial charge is 0.385 e. The van der Waals surface area contributed by atoms with E-state index in [1.807, 2.05) is 91.0 Å². The standard InChI is InChI=1S/C27H23NO3S/c1-2-3-12-19-31-23-18-11-10-17-22(23)26-28(21-15-8-5-9-16-21)25(29)24(27(30)32-26)20-13-6-4-7-14-20/h2,4-11,13-18H,1,3,12,19H2/p+1. The van der Waals surface area contributed by atoms with Gasteiger partial charge in [0.1, 0.15) is 11.3 Å². The largest absolute Gasteiger partial charge is 0.493 e. The van der Waals surface area contributed by atoms with Gasteiger partial charge in [-0.3, -0.25) is 4.79 Å². The topological polar surface area (TPSA) is 50.4 Å². The molecule has 0 amide bonds. The molecule has 32 heavy (non-hydrogen) atoms. The van der Waals surface area contributed by atoms with E-state index in [2.05, 4.69) is 6.58 Å². The highest BCUT2D eigenvalue weighted by Gasteiger charge is 2.30. The van der Waals surface area contributed by atoms with Gasteiger partial charge in [-0.15, -0.1) is 11.1 Å². The Balaban J connectivity index is 1.93. The first kappa shape index (κ1) is 21.5. The van der Waals surface area contributed by atoms with Crippen LogP contribution in [-0.4, -0.2) is 11.7 Å². The molecule has 0 aliphatic carbocycles. The minimum atomic E-state index is -0.211. The molecule has 0 saturated carbocycles. The second-order valence-corrected chi connectivity index (χ2v) is 8.17. The van der Waals surface area contributed by atoms with Crippen molar-refractivity contribution in [3.8, 4) is 39.0 Å². The van der Waals surface area contributed by atoms with Crippen molar-refractivity contribution >= 4 is 11.3 Å². The van der Waals surface area contributed by atoms with Crippen LogP contribution in [0.15, 0.2) is 102 Å². The fourth-order valence-corrected chi connectivity index (χ4v) is 4.56. The second kappa shape index (κ2) is 10.1. The zero-order valence-corrected chi connectivity index (χ0v) is 18.4. The molecular formula is C27H24NO3S+. The number of nitrogens with zero attached hydrogens (tertiary/aromatic N) is 1. The minimum Gasteiger partial charge on any atom is -0.493 e. The molecule has 4 nitrogen and oxygen atoms in total. The van der Waals surface area contributed by atoms with Gasteiger partial charge in [0, 0.05) is 12.1 Å². The monoisotopic (exact) mass is 442 g/mol. The number of allylic oxidation sites excluding steroid dienone is 1. The van der Waals surface area contributed by atoms with Gasteiger partial charge in [-0.25, -0.2) is 0 Å². The molecule has 160 valence electrons. The summed E-state index contributed by atoms with van der Waals surface area (Å²) in [6.07, 6.45) is 3.59. The molecule has 0 bridgehead atoms. The number of rotatable bonds is 8. The third-order valence-electron chi connectivity index (χ3n) is 5.04. The number of ether oxygens (including phenoxy) is 1. The molecule has 0 unspecified atom stereocenters. The van der Waals surface area contributed by atoms with Gasteiger partial charge in [-0.2, -0.15) is 0 Å². The van der Waals surface area contributed by atoms with Crippen LogP contribution in [0.1, 0.15) is 12.8 Å². The zero-order valence-electron chi connectivity index (χ0n) is 17.6. The SMILES string of the molecule is C=CCCCOc1ccccc1-c1sc(=O)c(-c2ccccc2)c(O)[n+]1-c1ccccc1. The fourth-order valence-electron chi connectivity index (χ4n) is 3.51. The molecule has 0 spiro atoms. The van der Waals surface area contributed by atoms with Crippen LogP contribution in [0.25, 0.3) is 27.4 Å². The molecule has 1 aromatic heterocycles. The number of unbranched alkanes of at least 4 members (excludes halogenated alkanes) is 1. The average molecular weight is 443 g/mol. The van der Waals surface area contributed by atoms with Crippen molar-refractivity contribution in [2.75, 3.05) is 6.61 Å². The van der Waals surface area contributed by atoms with Crippen LogP contribution < -0.4 is 14.0 Å². The van der Waals surface area contributed by atoms with Gasteiger partial charge in [-0.05, 0) is 41.9 Å². The Kier molecular flexibility index (Phi) is 6.78. The number of para-hydroxylation sites is 2. The van der Waals surface area contributed by atoms with Gasteiger partial charge in [0.25, 0.3) is 9.75 Å². The summed E-state index contributed by atoms with van der Waals surface area (Å²) in [5, 5.41) is 12.0. The molecule has 0 atom stereocenters. The number of benzene rings is 3. The molecule has 0 saturated heterocycles. The van der Waals surface area contributed by atoms with E-state index < -0.39 is 0 Å². The van der Waals surface area contributed by atoms with Crippen LogP contribution >= 0.6 is 11.3 Å². The molecule has 3 aromatic carbocycles. The summed E-state index contributed by atoms with van der Waals surface area (Å²) in [4.78, 5) is 13.2. The van der Waals surface area contributed by atoms with E-state index in [-0.39, 0.29) is 16.2 Å². The van der Waals surface area contributed by atoms with Gasteiger partial charge >= 0.3 is 5.88 Å². The van der Waals surface area contributed by atoms with Crippen molar-refractivity contribution in [2.45, 2.75) is 12.8 Å². The van der Waals surface area contributed by atoms with Crippen molar-refractivity contribution in [3.63, 3.8) is 0 Å². The summed E-state index contributed by atoms with van der Waals surface area (Å²) in [6, 6.07) is 26.4. The summed E-state index contributed by atoms with van der Waals surface area (Å²) in [5.41, 5.74) is 2.48. The maximum absolute atomic E-state index is 13.2. The molecule has 0 aliphatic heterocycles. The lowest BCUT2D eigenvalue weighted by atomic mass is 10.1. The molecular weight excluding hydrogens is 418 g/mol. The van der Waals surface area contributed by atoms with Gasteiger partial charge in [0.15, 0.2) is 5.56 Å². The fraction of sp³-hybridized carbons (Fsp3) is 0.111. The van der Waals surface area contributed by atoms with Crippen molar-refractivity contribution in [1.29, 1.82) is 0 Å². The lowest BCUT2D eigenvalue weighted by molar-refractivity contribution is -0.589. The second-order valence-electron chi connectivity index (χ2n) is 7.21. The van der Waals surface area contributed by atoms with Crippen LogP contribution in [0, 0.1) is 0 Å². The molecule has 4 aromatic rings. The number of aromatic nitrogens is 1. The Morgan fingerprint density at radius 3 is 2.31 bits per heavy atom. The van der Waals surface area contributed by atoms with Crippen LogP contribution in [-0.2, 0) is 0 Å². The van der Waals surface area contributed by atoms with Crippen LogP contribution in [0.3, 0.4) is 0 Å². The number of hydrogen-bond acceptors (Lipinski definition) is 4. The maximum atomic E-state index is 13.2. The van der Waals surface area contributed by atoms with E-state index in [4.69, 9.17) is 4.74 Å². The van der Waals surface area contributed by atoms with E-state index in [0.717, 1.165) is 35.4 Å². The molecule has 4 rings (SSSR count). The highest BCUT2D eigenvalue weighted by Crippen LogP contribution is 2.34. The quantitative estimate of drug-likeness (QED) is 0.214. The van der Waals surface area contributed by atoms with E-state index in [9.17, 15) is 9.90 Å². The predicted octanol–water partition coefficient (Wildman–Crippen LogP) is 5.77. The molecule has 0 aliphatic rings. The summed E-state index contributed by atoms with van der Waals surface area (Å²) in [5.74, 6) is 0.575. The highest BCUT2D eigenvalue weighted by atomic mass is 32.1. The third kappa shape index (κ3) is 4.48. The predicted molar refractivity (Wildman–Crippen MR) is 130 cm³/mol. The van der Waals surface area contributed by atoms with Crippen LogP contribution in [0.5, 0.6) is 11.6 Å². The van der Waals surface area contributed by atoms with Gasteiger partial charge < -0.3 is 9.84 Å². The van der Waals surface area contributed by atoms with E-state index in [0.29, 0.717) is 22.9 Å². The van der Waals surface area contributed by atoms with Crippen molar-refractivity contribution < 1.29 is 14.4 Å². The van der Waals surface area contributed by atoms with Crippen molar-refractivity contribution in [3.05, 3.63) is 107 Å². The van der Waals surface area contributed by atoms with Crippen LogP contribution in [0.2, 0.25) is 0 Å². The Hall–Kier alpha value is -3.70. The van der Waals surface area contributed by atoms with E-state index >= 15 is 0 Å². The number of aromatic hydroxyl groups is 1. The lowest BCUT2D eigenvalue weighted by Crippen LogP contribution is -2.35. The summed E-state index contributed by atoms with van der Waals surface area (Å²) in [7, 11) is 0. The van der Waals surface area contributed by atoms with Crippen LogP contribution in [0.4, 0.5) is 0 Å². The van der Waals surface area contributed by atoms with Gasteiger partial charge in [-0.1, -0.05) is 66.7 Å². The Morgan fingerprint density at radius 1 is 0.938 bits per heavy atom. The molecule has 1 N–H and O–H groups in total. The maximum Gasteiger partial charge on any atom is 0.385 e. The first-order chi connectivity index (χ1) is 15.7.